The summed E-state index contributed by atoms with van der Waals surface area (Å²) in [5.41, 5.74) is -0.0309. The van der Waals surface area contributed by atoms with Gasteiger partial charge in [0, 0.05) is 18.2 Å². The van der Waals surface area contributed by atoms with Gasteiger partial charge in [-0.05, 0) is 30.7 Å². The second kappa shape index (κ2) is 3.45. The summed E-state index contributed by atoms with van der Waals surface area (Å²) >= 11 is 0. The van der Waals surface area contributed by atoms with Crippen molar-refractivity contribution in [3.8, 4) is 5.75 Å². The highest BCUT2D eigenvalue weighted by Crippen LogP contribution is 2.49. The van der Waals surface area contributed by atoms with Gasteiger partial charge < -0.3 is 10.2 Å². The first-order valence-corrected chi connectivity index (χ1v) is 4.84. The number of halogens is 2. The Morgan fingerprint density at radius 1 is 1.27 bits per heavy atom. The second-order valence-electron chi connectivity index (χ2n) is 4.23. The smallest absolute Gasteiger partial charge is 0.168 e. The molecule has 1 fully saturated rings. The Morgan fingerprint density at radius 3 is 2.47 bits per heavy atom. The zero-order chi connectivity index (χ0) is 11.1. The molecule has 0 atom stereocenters. The number of hydrogen-bond acceptors (Lipinski definition) is 2. The zero-order valence-corrected chi connectivity index (χ0v) is 8.13. The van der Waals surface area contributed by atoms with Gasteiger partial charge >= 0.3 is 0 Å². The molecular weight excluding hydrogens is 202 g/mol. The third-order valence-corrected chi connectivity index (χ3v) is 2.97. The van der Waals surface area contributed by atoms with Gasteiger partial charge in [-0.3, -0.25) is 0 Å². The molecule has 1 aromatic rings. The van der Waals surface area contributed by atoms with Crippen molar-refractivity contribution < 1.29 is 19.0 Å². The van der Waals surface area contributed by atoms with Crippen molar-refractivity contribution >= 4 is 0 Å². The van der Waals surface area contributed by atoms with E-state index < -0.39 is 17.4 Å². The molecule has 0 radical (unpaired) electrons. The van der Waals surface area contributed by atoms with E-state index in [1.165, 1.54) is 0 Å². The fourth-order valence-corrected chi connectivity index (χ4v) is 1.73. The molecule has 0 aliphatic heterocycles. The van der Waals surface area contributed by atoms with Gasteiger partial charge in [0.25, 0.3) is 0 Å². The standard InChI is InChI=1S/C11H12F2O2/c12-8-3-7(10(15)9(13)4-8)5-11(6-14)1-2-11/h3-4,14-15H,1-2,5-6H2. The van der Waals surface area contributed by atoms with Crippen molar-refractivity contribution in [1.82, 2.24) is 0 Å². The van der Waals surface area contributed by atoms with Gasteiger partial charge in [0.1, 0.15) is 5.82 Å². The van der Waals surface area contributed by atoms with E-state index in [2.05, 4.69) is 0 Å². The Morgan fingerprint density at radius 2 is 1.93 bits per heavy atom. The van der Waals surface area contributed by atoms with Crippen LogP contribution in [0.5, 0.6) is 5.75 Å². The number of aromatic hydroxyl groups is 1. The summed E-state index contributed by atoms with van der Waals surface area (Å²) in [6, 6.07) is 1.77. The van der Waals surface area contributed by atoms with E-state index in [0.29, 0.717) is 12.5 Å². The summed E-state index contributed by atoms with van der Waals surface area (Å²) in [5, 5.41) is 18.5. The number of aliphatic hydroxyl groups is 1. The minimum Gasteiger partial charge on any atom is -0.505 e. The van der Waals surface area contributed by atoms with E-state index >= 15 is 0 Å². The van der Waals surface area contributed by atoms with Crippen molar-refractivity contribution in [2.75, 3.05) is 6.61 Å². The van der Waals surface area contributed by atoms with E-state index in [4.69, 9.17) is 5.11 Å². The van der Waals surface area contributed by atoms with Crippen LogP contribution in [-0.2, 0) is 6.42 Å². The molecule has 1 aromatic carbocycles. The predicted molar refractivity (Wildman–Crippen MR) is 50.5 cm³/mol. The van der Waals surface area contributed by atoms with Crippen LogP contribution in [0.3, 0.4) is 0 Å². The van der Waals surface area contributed by atoms with E-state index in [9.17, 15) is 13.9 Å². The van der Waals surface area contributed by atoms with Gasteiger partial charge in [0.05, 0.1) is 0 Å². The Hall–Kier alpha value is -1.16. The van der Waals surface area contributed by atoms with Gasteiger partial charge in [-0.2, -0.15) is 0 Å². The van der Waals surface area contributed by atoms with Crippen LogP contribution >= 0.6 is 0 Å². The van der Waals surface area contributed by atoms with Gasteiger partial charge in [-0.1, -0.05) is 0 Å². The van der Waals surface area contributed by atoms with Crippen LogP contribution in [0.2, 0.25) is 0 Å². The lowest BCUT2D eigenvalue weighted by molar-refractivity contribution is 0.210. The molecule has 0 unspecified atom stereocenters. The van der Waals surface area contributed by atoms with Crippen molar-refractivity contribution in [1.29, 1.82) is 0 Å². The first-order valence-electron chi connectivity index (χ1n) is 4.84. The van der Waals surface area contributed by atoms with Crippen LogP contribution in [0.25, 0.3) is 0 Å². The minimum absolute atomic E-state index is 0.00935. The molecular formula is C11H12F2O2. The molecule has 1 saturated carbocycles. The van der Waals surface area contributed by atoms with Crippen molar-refractivity contribution in [3.63, 3.8) is 0 Å². The molecule has 0 saturated heterocycles. The van der Waals surface area contributed by atoms with E-state index in [-0.39, 0.29) is 17.6 Å². The SMILES string of the molecule is OCC1(Cc2cc(F)cc(F)c2O)CC1. The van der Waals surface area contributed by atoms with Crippen molar-refractivity contribution in [3.05, 3.63) is 29.3 Å². The molecule has 0 amide bonds. The molecule has 1 aliphatic carbocycles. The second-order valence-corrected chi connectivity index (χ2v) is 4.23. The number of rotatable bonds is 3. The molecule has 0 aromatic heterocycles. The lowest BCUT2D eigenvalue weighted by Crippen LogP contribution is -2.10. The molecule has 2 rings (SSSR count). The number of hydrogen-bond donors (Lipinski definition) is 2. The fourth-order valence-electron chi connectivity index (χ4n) is 1.73. The topological polar surface area (TPSA) is 40.5 Å². The third-order valence-electron chi connectivity index (χ3n) is 2.97. The van der Waals surface area contributed by atoms with Crippen LogP contribution in [0.4, 0.5) is 8.78 Å². The molecule has 2 N–H and O–H groups in total. The van der Waals surface area contributed by atoms with Gasteiger partial charge in [0.15, 0.2) is 11.6 Å². The lowest BCUT2D eigenvalue weighted by Gasteiger charge is -2.13. The quantitative estimate of drug-likeness (QED) is 0.807. The summed E-state index contributed by atoms with van der Waals surface area (Å²) in [6.07, 6.45) is 1.99. The monoisotopic (exact) mass is 214 g/mol. The Bertz CT molecular complexity index is 386. The Labute approximate surface area is 86.2 Å². The summed E-state index contributed by atoms with van der Waals surface area (Å²) in [5.74, 6) is -2.15. The number of aliphatic hydroxyl groups excluding tert-OH is 1. The van der Waals surface area contributed by atoms with Crippen LogP contribution < -0.4 is 0 Å². The first-order chi connectivity index (χ1) is 7.06. The molecule has 2 nitrogen and oxygen atoms in total. The van der Waals surface area contributed by atoms with Crippen LogP contribution in [0.15, 0.2) is 12.1 Å². The van der Waals surface area contributed by atoms with Crippen LogP contribution in [0.1, 0.15) is 18.4 Å². The lowest BCUT2D eigenvalue weighted by atomic mass is 9.96. The number of phenols is 1. The fraction of sp³-hybridized carbons (Fsp3) is 0.455. The third kappa shape index (κ3) is 1.95. The van der Waals surface area contributed by atoms with E-state index in [1.54, 1.807) is 0 Å². The summed E-state index contributed by atoms with van der Waals surface area (Å²) < 4.78 is 25.9. The molecule has 0 bridgehead atoms. The van der Waals surface area contributed by atoms with E-state index in [1.807, 2.05) is 0 Å². The molecule has 0 heterocycles. The molecule has 15 heavy (non-hydrogen) atoms. The normalized spacial score (nSPS) is 17.8. The Balaban J connectivity index is 2.28. The maximum absolute atomic E-state index is 13.0. The highest BCUT2D eigenvalue weighted by Gasteiger charge is 2.42. The average Bonchev–Trinajstić information content (AvgIpc) is 2.94. The van der Waals surface area contributed by atoms with Crippen LogP contribution in [0, 0.1) is 17.0 Å². The Kier molecular flexibility index (Phi) is 2.38. The molecule has 82 valence electrons. The zero-order valence-electron chi connectivity index (χ0n) is 8.13. The van der Waals surface area contributed by atoms with Gasteiger partial charge in [0.2, 0.25) is 0 Å². The van der Waals surface area contributed by atoms with Crippen LogP contribution in [-0.4, -0.2) is 16.8 Å². The summed E-state index contributed by atoms with van der Waals surface area (Å²) in [7, 11) is 0. The number of benzene rings is 1. The largest absolute Gasteiger partial charge is 0.505 e. The van der Waals surface area contributed by atoms with Gasteiger partial charge in [-0.25, -0.2) is 8.78 Å². The molecule has 4 heteroatoms. The maximum Gasteiger partial charge on any atom is 0.168 e. The predicted octanol–water partition coefficient (Wildman–Crippen LogP) is 1.99. The number of phenolic OH excluding ortho intramolecular Hbond substituents is 1. The molecule has 0 spiro atoms. The maximum atomic E-state index is 13.0. The highest BCUT2D eigenvalue weighted by atomic mass is 19.1. The molecule has 1 aliphatic rings. The van der Waals surface area contributed by atoms with Gasteiger partial charge in [-0.15, -0.1) is 0 Å². The minimum atomic E-state index is -0.946. The summed E-state index contributed by atoms with van der Waals surface area (Å²) in [6.45, 7) is -0.00935. The first kappa shape index (κ1) is 10.4. The van der Waals surface area contributed by atoms with Crippen molar-refractivity contribution in [2.45, 2.75) is 19.3 Å². The average molecular weight is 214 g/mol. The summed E-state index contributed by atoms with van der Waals surface area (Å²) in [4.78, 5) is 0. The highest BCUT2D eigenvalue weighted by molar-refractivity contribution is 5.35. The van der Waals surface area contributed by atoms with E-state index in [0.717, 1.165) is 18.9 Å². The van der Waals surface area contributed by atoms with Crippen molar-refractivity contribution in [2.24, 2.45) is 5.41 Å².